The normalized spacial score (nSPS) is 14.4. The number of nitrogens with zero attached hydrogens (tertiary/aromatic N) is 1. The lowest BCUT2D eigenvalue weighted by Crippen LogP contribution is -2.10. The quantitative estimate of drug-likeness (QED) is 0.838. The van der Waals surface area contributed by atoms with Gasteiger partial charge in [-0.15, -0.1) is 0 Å². The molecule has 1 unspecified atom stereocenters. The monoisotopic (exact) mass is 314 g/mol. The molecule has 0 saturated carbocycles. The van der Waals surface area contributed by atoms with Crippen LogP contribution in [-0.4, -0.2) is 6.54 Å². The first-order valence-corrected chi connectivity index (χ1v) is 8.35. The average Bonchev–Trinajstić information content (AvgIpc) is 2.58. The summed E-state index contributed by atoms with van der Waals surface area (Å²) in [6, 6.07) is 17.1. The Hall–Kier alpha value is -2.79. The van der Waals surface area contributed by atoms with Crippen molar-refractivity contribution in [1.29, 1.82) is 5.26 Å². The predicted molar refractivity (Wildman–Crippen MR) is 101 cm³/mol. The van der Waals surface area contributed by atoms with E-state index in [4.69, 9.17) is 0 Å². The molecule has 1 aliphatic rings. The van der Waals surface area contributed by atoms with Crippen LogP contribution in [0.5, 0.6) is 0 Å². The number of hydrogen-bond donors (Lipinski definition) is 1. The third-order valence-corrected chi connectivity index (χ3v) is 4.50. The first-order valence-electron chi connectivity index (χ1n) is 8.35. The van der Waals surface area contributed by atoms with Gasteiger partial charge in [-0.3, -0.25) is 0 Å². The molecule has 3 rings (SSSR count). The molecule has 2 heteroatoms. The molecule has 2 aromatic carbocycles. The zero-order valence-corrected chi connectivity index (χ0v) is 14.3. The lowest BCUT2D eigenvalue weighted by atomic mass is 9.80. The fourth-order valence-electron chi connectivity index (χ4n) is 3.19. The topological polar surface area (TPSA) is 35.8 Å². The minimum atomic E-state index is -0.264. The predicted octanol–water partition coefficient (Wildman–Crippen LogP) is 5.23. The molecule has 24 heavy (non-hydrogen) atoms. The number of allylic oxidation sites excluding steroid dienone is 2. The summed E-state index contributed by atoms with van der Waals surface area (Å²) in [4.78, 5) is 0. The number of rotatable bonds is 4. The highest BCUT2D eigenvalue weighted by molar-refractivity contribution is 5.71. The molecule has 0 bridgehead atoms. The summed E-state index contributed by atoms with van der Waals surface area (Å²) in [6.45, 7) is 9.30. The van der Waals surface area contributed by atoms with Crippen LogP contribution in [-0.2, 0) is 6.42 Å². The smallest absolute Gasteiger partial charge is 0.0965 e. The lowest BCUT2D eigenvalue weighted by molar-refractivity contribution is 0.977. The van der Waals surface area contributed by atoms with Gasteiger partial charge in [0.05, 0.1) is 12.0 Å². The maximum atomic E-state index is 9.74. The maximum absolute atomic E-state index is 9.74. The van der Waals surface area contributed by atoms with Crippen LogP contribution in [0.1, 0.15) is 35.1 Å². The Balaban J connectivity index is 1.99. The van der Waals surface area contributed by atoms with Crippen LogP contribution in [0, 0.1) is 18.3 Å². The second kappa shape index (κ2) is 6.76. The molecule has 0 radical (unpaired) electrons. The van der Waals surface area contributed by atoms with Crippen molar-refractivity contribution in [2.24, 2.45) is 0 Å². The summed E-state index contributed by atoms with van der Waals surface area (Å²) in [5.41, 5.74) is 7.88. The first-order chi connectivity index (χ1) is 11.6. The van der Waals surface area contributed by atoms with Crippen molar-refractivity contribution in [2.75, 3.05) is 11.9 Å². The highest BCUT2D eigenvalue weighted by atomic mass is 14.8. The standard InChI is InChI=1S/C22H22N2/c1-4-24-20-10-9-18-13-21(16(3)11-19(18)12-20)22(14-23)17-7-5-15(2)6-8-17/h5-10,12-13,22,24H,3-4,11H2,1-2H3. The van der Waals surface area contributed by atoms with E-state index >= 15 is 0 Å². The molecular formula is C22H22N2. The molecule has 0 aliphatic heterocycles. The minimum Gasteiger partial charge on any atom is -0.385 e. The fraction of sp³-hybridized carbons (Fsp3) is 0.227. The molecule has 0 spiro atoms. The number of nitriles is 1. The van der Waals surface area contributed by atoms with E-state index in [0.717, 1.165) is 35.4 Å². The van der Waals surface area contributed by atoms with E-state index in [9.17, 15) is 5.26 Å². The van der Waals surface area contributed by atoms with Gasteiger partial charge in [-0.25, -0.2) is 0 Å². The van der Waals surface area contributed by atoms with Crippen molar-refractivity contribution in [3.05, 3.63) is 82.4 Å². The van der Waals surface area contributed by atoms with Crippen LogP contribution in [0.15, 0.2) is 60.2 Å². The zero-order valence-electron chi connectivity index (χ0n) is 14.3. The summed E-state index contributed by atoms with van der Waals surface area (Å²) in [5, 5.41) is 13.1. The van der Waals surface area contributed by atoms with Gasteiger partial charge in [0.2, 0.25) is 0 Å². The van der Waals surface area contributed by atoms with Gasteiger partial charge in [0.15, 0.2) is 0 Å². The molecule has 0 aromatic heterocycles. The van der Waals surface area contributed by atoms with E-state index in [-0.39, 0.29) is 5.92 Å². The summed E-state index contributed by atoms with van der Waals surface area (Å²) in [6.07, 6.45) is 2.93. The Kier molecular flexibility index (Phi) is 4.53. The number of anilines is 1. The number of fused-ring (bicyclic) bond motifs is 1. The van der Waals surface area contributed by atoms with E-state index in [1.54, 1.807) is 0 Å². The molecule has 1 atom stereocenters. The molecule has 0 heterocycles. The zero-order chi connectivity index (χ0) is 17.1. The maximum Gasteiger partial charge on any atom is 0.0965 e. The molecule has 0 amide bonds. The fourth-order valence-corrected chi connectivity index (χ4v) is 3.19. The third kappa shape index (κ3) is 3.12. The van der Waals surface area contributed by atoms with Gasteiger partial charge in [0.1, 0.15) is 0 Å². The molecular weight excluding hydrogens is 292 g/mol. The first kappa shape index (κ1) is 16.1. The molecule has 2 nitrogen and oxygen atoms in total. The Morgan fingerprint density at radius 3 is 2.62 bits per heavy atom. The van der Waals surface area contributed by atoms with Crippen LogP contribution in [0.25, 0.3) is 6.08 Å². The van der Waals surface area contributed by atoms with Crippen molar-refractivity contribution in [3.8, 4) is 6.07 Å². The summed E-state index contributed by atoms with van der Waals surface area (Å²) in [5.74, 6) is -0.264. The second-order valence-electron chi connectivity index (χ2n) is 6.30. The highest BCUT2D eigenvalue weighted by Crippen LogP contribution is 2.37. The second-order valence-corrected chi connectivity index (χ2v) is 6.30. The van der Waals surface area contributed by atoms with Gasteiger partial charge in [0, 0.05) is 12.2 Å². The molecule has 120 valence electrons. The van der Waals surface area contributed by atoms with Gasteiger partial charge >= 0.3 is 0 Å². The number of aryl methyl sites for hydroxylation is 1. The van der Waals surface area contributed by atoms with Crippen molar-refractivity contribution in [1.82, 2.24) is 0 Å². The highest BCUT2D eigenvalue weighted by Gasteiger charge is 2.23. The number of benzene rings is 2. The van der Waals surface area contributed by atoms with Crippen LogP contribution in [0.2, 0.25) is 0 Å². The Labute approximate surface area is 144 Å². The Morgan fingerprint density at radius 2 is 1.96 bits per heavy atom. The molecule has 0 fully saturated rings. The van der Waals surface area contributed by atoms with Gasteiger partial charge in [0.25, 0.3) is 0 Å². The van der Waals surface area contributed by atoms with Gasteiger partial charge in [-0.2, -0.15) is 5.26 Å². The van der Waals surface area contributed by atoms with Crippen molar-refractivity contribution in [2.45, 2.75) is 26.2 Å². The SMILES string of the molecule is C=C1Cc2cc(NCC)ccc2C=C1C(C#N)c1ccc(C)cc1. The van der Waals surface area contributed by atoms with Crippen LogP contribution >= 0.6 is 0 Å². The Bertz CT molecular complexity index is 835. The molecule has 1 aliphatic carbocycles. The van der Waals surface area contributed by atoms with Crippen LogP contribution in [0.3, 0.4) is 0 Å². The van der Waals surface area contributed by atoms with Crippen LogP contribution < -0.4 is 5.32 Å². The van der Waals surface area contributed by atoms with E-state index in [2.05, 4.69) is 68.2 Å². The van der Waals surface area contributed by atoms with E-state index < -0.39 is 0 Å². The molecule has 1 N–H and O–H groups in total. The van der Waals surface area contributed by atoms with Crippen molar-refractivity contribution in [3.63, 3.8) is 0 Å². The largest absolute Gasteiger partial charge is 0.385 e. The lowest BCUT2D eigenvalue weighted by Gasteiger charge is -2.23. The minimum absolute atomic E-state index is 0.264. The van der Waals surface area contributed by atoms with Crippen LogP contribution in [0.4, 0.5) is 5.69 Å². The molecule has 2 aromatic rings. The summed E-state index contributed by atoms with van der Waals surface area (Å²) in [7, 11) is 0. The number of nitrogens with one attached hydrogen (secondary N) is 1. The average molecular weight is 314 g/mol. The van der Waals surface area contributed by atoms with E-state index in [1.807, 2.05) is 12.1 Å². The van der Waals surface area contributed by atoms with E-state index in [0.29, 0.717) is 0 Å². The van der Waals surface area contributed by atoms with Gasteiger partial charge in [-0.1, -0.05) is 42.5 Å². The van der Waals surface area contributed by atoms with Crippen molar-refractivity contribution >= 4 is 11.8 Å². The summed E-state index contributed by atoms with van der Waals surface area (Å²) >= 11 is 0. The summed E-state index contributed by atoms with van der Waals surface area (Å²) < 4.78 is 0. The van der Waals surface area contributed by atoms with E-state index in [1.165, 1.54) is 16.7 Å². The van der Waals surface area contributed by atoms with Crippen molar-refractivity contribution < 1.29 is 0 Å². The number of hydrogen-bond acceptors (Lipinski definition) is 2. The Morgan fingerprint density at radius 1 is 1.21 bits per heavy atom. The third-order valence-electron chi connectivity index (χ3n) is 4.50. The van der Waals surface area contributed by atoms with Gasteiger partial charge in [-0.05, 0) is 66.3 Å². The molecule has 0 saturated heterocycles. The van der Waals surface area contributed by atoms with Gasteiger partial charge < -0.3 is 5.32 Å².